The van der Waals surface area contributed by atoms with E-state index in [2.05, 4.69) is 19.6 Å². The summed E-state index contributed by atoms with van der Waals surface area (Å²) in [5.74, 6) is 2.62. The van der Waals surface area contributed by atoms with Crippen molar-refractivity contribution in [2.75, 3.05) is 71.5 Å². The van der Waals surface area contributed by atoms with Crippen molar-refractivity contribution in [2.45, 2.75) is 43.0 Å². The molecule has 0 bridgehead atoms. The topological polar surface area (TPSA) is 175 Å². The van der Waals surface area contributed by atoms with Gasteiger partial charge in [0.1, 0.15) is 35.4 Å². The van der Waals surface area contributed by atoms with Gasteiger partial charge in [-0.15, -0.1) is 0 Å². The molecular formula is C47H53N6O9PS2. The summed E-state index contributed by atoms with van der Waals surface area (Å²) in [7, 11) is 3.60. The van der Waals surface area contributed by atoms with Crippen LogP contribution in [0.15, 0.2) is 120 Å². The first kappa shape index (κ1) is 46.7. The van der Waals surface area contributed by atoms with Crippen molar-refractivity contribution in [3.05, 3.63) is 148 Å². The van der Waals surface area contributed by atoms with E-state index in [4.69, 9.17) is 38.7 Å². The minimum absolute atomic E-state index is 0.0241. The van der Waals surface area contributed by atoms with Gasteiger partial charge in [0.15, 0.2) is 24.9 Å². The number of hydrogen-bond donors (Lipinski definition) is 2. The van der Waals surface area contributed by atoms with Crippen LogP contribution in [0.3, 0.4) is 0 Å². The Morgan fingerprint density at radius 2 is 1.48 bits per heavy atom. The summed E-state index contributed by atoms with van der Waals surface area (Å²) >= 11 is 3.01. The summed E-state index contributed by atoms with van der Waals surface area (Å²) < 4.78 is 49.4. The highest BCUT2D eigenvalue weighted by atomic mass is 32.7. The van der Waals surface area contributed by atoms with Crippen LogP contribution in [0, 0.1) is 0 Å². The average Bonchev–Trinajstić information content (AvgIpc) is 4.11. The summed E-state index contributed by atoms with van der Waals surface area (Å²) in [6.45, 7) is 2.28. The molecule has 0 amide bonds. The molecule has 8 rings (SSSR count). The molecule has 342 valence electrons. The highest BCUT2D eigenvalue weighted by Gasteiger charge is 2.51. The lowest BCUT2D eigenvalue weighted by molar-refractivity contribution is -0.0964. The van der Waals surface area contributed by atoms with Crippen LogP contribution in [-0.4, -0.2) is 113 Å². The van der Waals surface area contributed by atoms with Gasteiger partial charge >= 0.3 is 0 Å². The van der Waals surface area contributed by atoms with E-state index in [9.17, 15) is 9.59 Å². The smallest absolute Gasteiger partial charge is 0.280 e. The van der Waals surface area contributed by atoms with E-state index in [-0.39, 0.29) is 35.4 Å². The number of aromatic amines is 1. The number of methoxy groups -OCH3 is 3. The minimum atomic E-state index is -1.30. The van der Waals surface area contributed by atoms with E-state index in [1.165, 1.54) is 18.1 Å². The number of thioether (sulfide) groups is 1. The van der Waals surface area contributed by atoms with Gasteiger partial charge in [-0.1, -0.05) is 108 Å². The fourth-order valence-electron chi connectivity index (χ4n) is 8.10. The van der Waals surface area contributed by atoms with Gasteiger partial charge in [0.25, 0.3) is 5.56 Å². The molecule has 65 heavy (non-hydrogen) atoms. The predicted octanol–water partition coefficient (Wildman–Crippen LogP) is 7.67. The molecule has 4 aromatic carbocycles. The highest BCUT2D eigenvalue weighted by Crippen LogP contribution is 2.58. The predicted molar refractivity (Wildman–Crippen MR) is 255 cm³/mol. The molecule has 2 unspecified atom stereocenters. The molecule has 4 heterocycles. The number of ether oxygens (including phenoxy) is 6. The molecule has 2 saturated heterocycles. The molecular weight excluding hydrogens is 888 g/mol. The molecule has 0 radical (unpaired) electrons. The van der Waals surface area contributed by atoms with Crippen molar-refractivity contribution in [3.8, 4) is 11.5 Å². The lowest BCUT2D eigenvalue weighted by Gasteiger charge is -2.38. The maximum absolute atomic E-state index is 13.1. The number of hydrogen-bond acceptors (Lipinski definition) is 15. The van der Waals surface area contributed by atoms with E-state index in [0.717, 1.165) is 42.6 Å². The first-order chi connectivity index (χ1) is 31.8. The molecule has 0 saturated carbocycles. The fourth-order valence-corrected chi connectivity index (χ4v) is 13.4. The number of nitrogens with one attached hydrogen (secondary N) is 1. The number of carbonyl (C=O) groups excluding carboxylic acids is 1. The lowest BCUT2D eigenvalue weighted by Crippen LogP contribution is -2.41. The Balaban J connectivity index is 1.19. The van der Waals surface area contributed by atoms with Crippen LogP contribution in [-0.2, 0) is 29.1 Å². The zero-order chi connectivity index (χ0) is 45.2. The Kier molecular flexibility index (Phi) is 15.9. The first-order valence-corrected chi connectivity index (χ1v) is 25.2. The zero-order valence-electron chi connectivity index (χ0n) is 36.4. The number of anilines is 1. The Morgan fingerprint density at radius 3 is 2.11 bits per heavy atom. The monoisotopic (exact) mass is 940 g/mol. The SMILES string of the molecule is COCCOC1[C@@H](OP(SCCSC(=O)c2ccccc2)N2CCCC2)[C@@H](COC(c2ccccc2)(c2ccc(OC)cc2)c2ccc(OC)cc2)O[C@H]1n1cnc2c(=O)[nH]c(N)nc21. The third kappa shape index (κ3) is 10.6. The van der Waals surface area contributed by atoms with Gasteiger partial charge in [-0.05, 0) is 53.8 Å². The summed E-state index contributed by atoms with van der Waals surface area (Å²) in [5, 5.41) is 0.0322. The summed E-state index contributed by atoms with van der Waals surface area (Å²) in [6.07, 6.45) is 0.509. The van der Waals surface area contributed by atoms with Gasteiger partial charge in [-0.2, -0.15) is 4.98 Å². The van der Waals surface area contributed by atoms with Crippen LogP contribution in [0.5, 0.6) is 11.5 Å². The van der Waals surface area contributed by atoms with Crippen molar-refractivity contribution in [1.82, 2.24) is 24.2 Å². The van der Waals surface area contributed by atoms with Crippen LogP contribution in [0.2, 0.25) is 0 Å². The largest absolute Gasteiger partial charge is 0.497 e. The number of carbonyl (C=O) groups is 1. The Morgan fingerprint density at radius 1 is 0.846 bits per heavy atom. The number of nitrogens with zero attached hydrogens (tertiary/aromatic N) is 4. The van der Waals surface area contributed by atoms with Gasteiger partial charge in [0, 0.05) is 37.3 Å². The van der Waals surface area contributed by atoms with Gasteiger partial charge in [-0.3, -0.25) is 23.8 Å². The van der Waals surface area contributed by atoms with E-state index in [1.54, 1.807) is 37.3 Å². The van der Waals surface area contributed by atoms with Crippen LogP contribution in [0.25, 0.3) is 11.2 Å². The molecule has 0 aliphatic carbocycles. The number of fused-ring (bicyclic) bond motifs is 1. The Hall–Kier alpha value is -4.81. The minimum Gasteiger partial charge on any atom is -0.497 e. The highest BCUT2D eigenvalue weighted by molar-refractivity contribution is 8.53. The van der Waals surface area contributed by atoms with E-state index >= 15 is 0 Å². The summed E-state index contributed by atoms with van der Waals surface area (Å²) in [6, 6.07) is 35.1. The number of nitrogen functional groups attached to an aromatic ring is 1. The van der Waals surface area contributed by atoms with Crippen molar-refractivity contribution < 1.29 is 37.7 Å². The van der Waals surface area contributed by atoms with Crippen molar-refractivity contribution in [1.29, 1.82) is 0 Å². The van der Waals surface area contributed by atoms with Gasteiger partial charge in [0.2, 0.25) is 11.1 Å². The van der Waals surface area contributed by atoms with Gasteiger partial charge in [0.05, 0.1) is 40.4 Å². The van der Waals surface area contributed by atoms with Crippen LogP contribution in [0.4, 0.5) is 5.95 Å². The first-order valence-electron chi connectivity index (χ1n) is 21.4. The quantitative estimate of drug-likeness (QED) is 0.0408. The van der Waals surface area contributed by atoms with Crippen LogP contribution >= 0.6 is 30.6 Å². The van der Waals surface area contributed by atoms with Crippen molar-refractivity contribution >= 4 is 52.9 Å². The molecule has 5 atom stereocenters. The molecule has 2 aromatic heterocycles. The summed E-state index contributed by atoms with van der Waals surface area (Å²) in [4.78, 5) is 37.6. The average molecular weight is 941 g/mol. The molecule has 18 heteroatoms. The maximum Gasteiger partial charge on any atom is 0.280 e. The van der Waals surface area contributed by atoms with Gasteiger partial charge < -0.3 is 38.7 Å². The van der Waals surface area contributed by atoms with E-state index in [0.29, 0.717) is 35.2 Å². The third-order valence-corrected chi connectivity index (χ3v) is 16.5. The third-order valence-electron chi connectivity index (χ3n) is 11.3. The molecule has 15 nitrogen and oxygen atoms in total. The molecule has 3 N–H and O–H groups in total. The number of nitrogens with two attached hydrogens (primary N) is 1. The van der Waals surface area contributed by atoms with Crippen molar-refractivity contribution in [2.24, 2.45) is 0 Å². The van der Waals surface area contributed by atoms with Crippen molar-refractivity contribution in [3.63, 3.8) is 0 Å². The zero-order valence-corrected chi connectivity index (χ0v) is 39.0. The fraction of sp³-hybridized carbons (Fsp3) is 0.362. The normalized spacial score (nSPS) is 19.4. The number of aromatic nitrogens is 4. The number of imidazole rings is 1. The second-order valence-corrected chi connectivity index (χ2v) is 20.0. The van der Waals surface area contributed by atoms with Crippen LogP contribution < -0.4 is 20.8 Å². The molecule has 6 aromatic rings. The molecule has 2 fully saturated rings. The molecule has 2 aliphatic rings. The summed E-state index contributed by atoms with van der Waals surface area (Å²) in [5.41, 5.74) is 8.07. The molecule has 0 spiro atoms. The maximum atomic E-state index is 13.1. The Labute approximate surface area is 387 Å². The standard InChI is InChI=1S/C47H53N6O9PS2/c1-56-26-27-59-41-40(62-63(52-24-10-11-25-52)65-29-28-64-45(55)32-12-6-4-7-13-32)38(61-44(41)53-31-49-39-42(53)50-46(48)51-43(39)54)30-60-47(33-14-8-5-9-15-33,34-16-20-36(57-2)21-17-34)35-18-22-37(58-3)23-19-35/h4-9,12-23,31,38,40-41,44H,10-11,24-30H2,1-3H3,(H3,48,50,51,54)/t38-,40+,41?,44-,63?/m1/s1. The molecule has 2 aliphatic heterocycles. The van der Waals surface area contributed by atoms with E-state index < -0.39 is 43.2 Å². The second-order valence-electron chi connectivity index (χ2n) is 15.3. The lowest BCUT2D eigenvalue weighted by atomic mass is 9.80. The number of benzene rings is 4. The van der Waals surface area contributed by atoms with E-state index in [1.807, 2.05) is 109 Å². The second kappa shape index (κ2) is 22.1. The number of rotatable bonds is 21. The van der Waals surface area contributed by atoms with Gasteiger partial charge in [-0.25, -0.2) is 4.98 Å². The number of H-pyrrole nitrogens is 1. The Bertz CT molecular complexity index is 2470. The van der Waals surface area contributed by atoms with Crippen LogP contribution in [0.1, 0.15) is 46.1 Å².